The molecule has 0 saturated heterocycles. The first kappa shape index (κ1) is 12.2. The standard InChI is InChI=1S/C13H12Cl2N2/c1-9(10-3-2-4-11(14)7-10)17-13-8-16-6-5-12(13)15/h2-9,17H,1H3. The number of nitrogens with zero attached hydrogens (tertiary/aromatic N) is 1. The zero-order chi connectivity index (χ0) is 12.3. The monoisotopic (exact) mass is 266 g/mol. The summed E-state index contributed by atoms with van der Waals surface area (Å²) in [5.41, 5.74) is 1.93. The van der Waals surface area contributed by atoms with Crippen LogP contribution in [0.15, 0.2) is 42.7 Å². The van der Waals surface area contributed by atoms with Crippen molar-refractivity contribution in [3.63, 3.8) is 0 Å². The minimum Gasteiger partial charge on any atom is -0.376 e. The fourth-order valence-electron chi connectivity index (χ4n) is 1.58. The van der Waals surface area contributed by atoms with Gasteiger partial charge in [-0.25, -0.2) is 0 Å². The summed E-state index contributed by atoms with van der Waals surface area (Å²) in [6.45, 7) is 2.05. The van der Waals surface area contributed by atoms with Crippen molar-refractivity contribution in [1.29, 1.82) is 0 Å². The molecule has 1 unspecified atom stereocenters. The number of hydrogen-bond acceptors (Lipinski definition) is 2. The Bertz CT molecular complexity index is 514. The van der Waals surface area contributed by atoms with E-state index >= 15 is 0 Å². The molecular weight excluding hydrogens is 255 g/mol. The lowest BCUT2D eigenvalue weighted by Crippen LogP contribution is -2.07. The summed E-state index contributed by atoms with van der Waals surface area (Å²) in [4.78, 5) is 4.04. The van der Waals surface area contributed by atoms with Crippen molar-refractivity contribution < 1.29 is 0 Å². The molecule has 0 aliphatic carbocycles. The van der Waals surface area contributed by atoms with Crippen LogP contribution in [-0.4, -0.2) is 4.98 Å². The van der Waals surface area contributed by atoms with Gasteiger partial charge in [-0.1, -0.05) is 35.3 Å². The first-order valence-electron chi connectivity index (χ1n) is 5.28. The number of nitrogens with one attached hydrogen (secondary N) is 1. The molecule has 0 aliphatic rings. The number of rotatable bonds is 3. The topological polar surface area (TPSA) is 24.9 Å². The first-order valence-corrected chi connectivity index (χ1v) is 6.04. The molecule has 4 heteroatoms. The van der Waals surface area contributed by atoms with E-state index in [0.717, 1.165) is 16.3 Å². The van der Waals surface area contributed by atoms with Gasteiger partial charge in [-0.3, -0.25) is 4.98 Å². The summed E-state index contributed by atoms with van der Waals surface area (Å²) in [5.74, 6) is 0. The van der Waals surface area contributed by atoms with E-state index in [1.807, 2.05) is 24.3 Å². The molecule has 0 aliphatic heterocycles. The van der Waals surface area contributed by atoms with Gasteiger partial charge in [-0.05, 0) is 30.7 Å². The fourth-order valence-corrected chi connectivity index (χ4v) is 1.93. The van der Waals surface area contributed by atoms with Crippen LogP contribution in [0, 0.1) is 0 Å². The summed E-state index contributed by atoms with van der Waals surface area (Å²) >= 11 is 12.0. The van der Waals surface area contributed by atoms with E-state index in [1.165, 1.54) is 0 Å². The van der Waals surface area contributed by atoms with Crippen LogP contribution in [0.3, 0.4) is 0 Å². The number of anilines is 1. The highest BCUT2D eigenvalue weighted by Gasteiger charge is 2.07. The van der Waals surface area contributed by atoms with E-state index < -0.39 is 0 Å². The summed E-state index contributed by atoms with van der Waals surface area (Å²) in [5, 5.41) is 4.69. The van der Waals surface area contributed by atoms with Gasteiger partial charge in [0.05, 0.1) is 16.9 Å². The van der Waals surface area contributed by atoms with E-state index in [9.17, 15) is 0 Å². The quantitative estimate of drug-likeness (QED) is 0.881. The van der Waals surface area contributed by atoms with E-state index in [-0.39, 0.29) is 6.04 Å². The molecule has 0 bridgehead atoms. The third-order valence-corrected chi connectivity index (χ3v) is 3.05. The molecule has 17 heavy (non-hydrogen) atoms. The van der Waals surface area contributed by atoms with Gasteiger partial charge in [-0.2, -0.15) is 0 Å². The molecular formula is C13H12Cl2N2. The molecule has 1 atom stereocenters. The van der Waals surface area contributed by atoms with E-state index in [2.05, 4.69) is 17.2 Å². The molecule has 1 N–H and O–H groups in total. The minimum atomic E-state index is 0.121. The normalized spacial score (nSPS) is 12.2. The predicted molar refractivity (Wildman–Crippen MR) is 72.7 cm³/mol. The van der Waals surface area contributed by atoms with Crippen molar-refractivity contribution in [3.05, 3.63) is 58.3 Å². The smallest absolute Gasteiger partial charge is 0.0720 e. The number of halogens is 2. The van der Waals surface area contributed by atoms with E-state index in [0.29, 0.717) is 5.02 Å². The van der Waals surface area contributed by atoms with Gasteiger partial charge in [0.25, 0.3) is 0 Å². The van der Waals surface area contributed by atoms with E-state index in [4.69, 9.17) is 23.2 Å². The van der Waals surface area contributed by atoms with Crippen molar-refractivity contribution in [1.82, 2.24) is 4.98 Å². The molecule has 1 aromatic heterocycles. The molecule has 1 heterocycles. The Morgan fingerprint density at radius 3 is 2.76 bits per heavy atom. The van der Waals surface area contributed by atoms with Crippen LogP contribution >= 0.6 is 23.2 Å². The number of benzene rings is 1. The second kappa shape index (κ2) is 5.39. The predicted octanol–water partition coefficient (Wildman–Crippen LogP) is 4.56. The first-order chi connectivity index (χ1) is 8.16. The Hall–Kier alpha value is -1.25. The summed E-state index contributed by atoms with van der Waals surface area (Å²) in [7, 11) is 0. The maximum atomic E-state index is 6.06. The van der Waals surface area contributed by atoms with Gasteiger partial charge >= 0.3 is 0 Å². The molecule has 0 fully saturated rings. The van der Waals surface area contributed by atoms with Gasteiger partial charge in [0.2, 0.25) is 0 Å². The molecule has 0 radical (unpaired) electrons. The summed E-state index contributed by atoms with van der Waals surface area (Å²) < 4.78 is 0. The second-order valence-electron chi connectivity index (χ2n) is 3.78. The van der Waals surface area contributed by atoms with Gasteiger partial charge in [0.15, 0.2) is 0 Å². The Kier molecular flexibility index (Phi) is 3.87. The van der Waals surface area contributed by atoms with Crippen LogP contribution in [0.25, 0.3) is 0 Å². The molecule has 0 spiro atoms. The third-order valence-electron chi connectivity index (χ3n) is 2.49. The van der Waals surface area contributed by atoms with Crippen molar-refractivity contribution in [2.45, 2.75) is 13.0 Å². The average Bonchev–Trinajstić information content (AvgIpc) is 2.32. The Balaban J connectivity index is 2.17. The lowest BCUT2D eigenvalue weighted by atomic mass is 10.1. The van der Waals surface area contributed by atoms with Crippen LogP contribution in [0.2, 0.25) is 10.0 Å². The molecule has 0 saturated carbocycles. The van der Waals surface area contributed by atoms with Crippen LogP contribution in [-0.2, 0) is 0 Å². The third kappa shape index (κ3) is 3.11. The van der Waals surface area contributed by atoms with E-state index in [1.54, 1.807) is 18.5 Å². The summed E-state index contributed by atoms with van der Waals surface area (Å²) in [6, 6.07) is 9.62. The van der Waals surface area contributed by atoms with Gasteiger partial charge in [-0.15, -0.1) is 0 Å². The maximum absolute atomic E-state index is 6.06. The minimum absolute atomic E-state index is 0.121. The van der Waals surface area contributed by atoms with Gasteiger partial charge in [0, 0.05) is 17.3 Å². The van der Waals surface area contributed by atoms with Gasteiger partial charge < -0.3 is 5.32 Å². The highest BCUT2D eigenvalue weighted by atomic mass is 35.5. The number of hydrogen-bond donors (Lipinski definition) is 1. The Labute approximate surface area is 111 Å². The molecule has 0 amide bonds. The highest BCUT2D eigenvalue weighted by Crippen LogP contribution is 2.25. The largest absolute Gasteiger partial charge is 0.376 e. The Morgan fingerprint density at radius 1 is 1.24 bits per heavy atom. The van der Waals surface area contributed by atoms with Crippen LogP contribution in [0.4, 0.5) is 5.69 Å². The van der Waals surface area contributed by atoms with Crippen molar-refractivity contribution in [2.75, 3.05) is 5.32 Å². The number of pyridine rings is 1. The van der Waals surface area contributed by atoms with Crippen molar-refractivity contribution in [2.24, 2.45) is 0 Å². The SMILES string of the molecule is CC(Nc1cnccc1Cl)c1cccc(Cl)c1. The molecule has 2 rings (SSSR count). The fraction of sp³-hybridized carbons (Fsp3) is 0.154. The molecule has 1 aromatic carbocycles. The lowest BCUT2D eigenvalue weighted by molar-refractivity contribution is 0.883. The number of aromatic nitrogens is 1. The van der Waals surface area contributed by atoms with Crippen LogP contribution in [0.1, 0.15) is 18.5 Å². The molecule has 2 nitrogen and oxygen atoms in total. The second-order valence-corrected chi connectivity index (χ2v) is 4.62. The van der Waals surface area contributed by atoms with Crippen molar-refractivity contribution >= 4 is 28.9 Å². The Morgan fingerprint density at radius 2 is 2.06 bits per heavy atom. The average molecular weight is 267 g/mol. The van der Waals surface area contributed by atoms with Crippen LogP contribution in [0.5, 0.6) is 0 Å². The zero-order valence-electron chi connectivity index (χ0n) is 9.32. The van der Waals surface area contributed by atoms with Crippen LogP contribution < -0.4 is 5.32 Å². The summed E-state index contributed by atoms with van der Waals surface area (Å²) in [6.07, 6.45) is 3.38. The molecule has 88 valence electrons. The van der Waals surface area contributed by atoms with Gasteiger partial charge in [0.1, 0.15) is 0 Å². The van der Waals surface area contributed by atoms with Crippen molar-refractivity contribution in [3.8, 4) is 0 Å². The molecule has 2 aromatic rings. The zero-order valence-corrected chi connectivity index (χ0v) is 10.8. The maximum Gasteiger partial charge on any atom is 0.0720 e. The highest BCUT2D eigenvalue weighted by molar-refractivity contribution is 6.33. The lowest BCUT2D eigenvalue weighted by Gasteiger charge is -2.16.